The van der Waals surface area contributed by atoms with Gasteiger partial charge in [0.25, 0.3) is 0 Å². The molecule has 3 rings (SSSR count). The molecule has 0 saturated carbocycles. The van der Waals surface area contributed by atoms with Gasteiger partial charge in [0.1, 0.15) is 11.5 Å². The number of piperazine rings is 1. The quantitative estimate of drug-likeness (QED) is 0.721. The lowest BCUT2D eigenvalue weighted by Gasteiger charge is -2.36. The highest BCUT2D eigenvalue weighted by molar-refractivity contribution is 5.91. The number of hydrogen-bond donors (Lipinski definition) is 1. The van der Waals surface area contributed by atoms with Crippen molar-refractivity contribution < 1.29 is 28.5 Å². The first-order valence-electron chi connectivity index (χ1n) is 9.87. The lowest BCUT2D eigenvalue weighted by atomic mass is 10.2. The number of nitrogens with one attached hydrogen (secondary N) is 1. The maximum Gasteiger partial charge on any atom is 0.322 e. The first-order valence-corrected chi connectivity index (χ1v) is 9.87. The van der Waals surface area contributed by atoms with E-state index in [2.05, 4.69) is 10.2 Å². The highest BCUT2D eigenvalue weighted by atomic mass is 16.5. The Balaban J connectivity index is 1.68. The maximum absolute atomic E-state index is 12.8. The van der Waals surface area contributed by atoms with Crippen LogP contribution in [0.25, 0.3) is 0 Å². The molecule has 31 heavy (non-hydrogen) atoms. The van der Waals surface area contributed by atoms with Crippen molar-refractivity contribution in [2.45, 2.75) is 0 Å². The van der Waals surface area contributed by atoms with Crippen molar-refractivity contribution in [3.05, 3.63) is 30.3 Å². The van der Waals surface area contributed by atoms with E-state index in [-0.39, 0.29) is 6.03 Å². The Morgan fingerprint density at radius 2 is 1.39 bits per heavy atom. The van der Waals surface area contributed by atoms with E-state index in [4.69, 9.17) is 23.7 Å². The minimum Gasteiger partial charge on any atom is -0.497 e. The smallest absolute Gasteiger partial charge is 0.322 e. The summed E-state index contributed by atoms with van der Waals surface area (Å²) in [4.78, 5) is 16.8. The molecule has 0 unspecified atom stereocenters. The van der Waals surface area contributed by atoms with E-state index in [1.54, 1.807) is 58.6 Å². The Morgan fingerprint density at radius 1 is 0.774 bits per heavy atom. The van der Waals surface area contributed by atoms with Crippen molar-refractivity contribution in [2.24, 2.45) is 0 Å². The van der Waals surface area contributed by atoms with Crippen molar-refractivity contribution >= 4 is 17.4 Å². The molecule has 1 saturated heterocycles. The normalized spacial score (nSPS) is 13.5. The van der Waals surface area contributed by atoms with Crippen LogP contribution in [0, 0.1) is 0 Å². The number of nitrogens with zero attached hydrogens (tertiary/aromatic N) is 2. The molecule has 1 heterocycles. The molecule has 1 aliphatic rings. The molecule has 0 radical (unpaired) electrons. The number of methoxy groups -OCH3 is 5. The molecule has 0 spiro atoms. The maximum atomic E-state index is 12.8. The molecule has 9 heteroatoms. The molecule has 0 atom stereocenters. The van der Waals surface area contributed by atoms with Gasteiger partial charge < -0.3 is 38.8 Å². The van der Waals surface area contributed by atoms with Crippen LogP contribution in [0.15, 0.2) is 30.3 Å². The zero-order valence-corrected chi connectivity index (χ0v) is 18.6. The van der Waals surface area contributed by atoms with Gasteiger partial charge in [0.05, 0.1) is 41.2 Å². The number of rotatable bonds is 7. The fourth-order valence-corrected chi connectivity index (χ4v) is 3.52. The summed E-state index contributed by atoms with van der Waals surface area (Å²) in [5.41, 5.74) is 1.52. The van der Waals surface area contributed by atoms with E-state index in [1.165, 1.54) is 0 Å². The third kappa shape index (κ3) is 4.82. The summed E-state index contributed by atoms with van der Waals surface area (Å²) in [6.45, 7) is 2.46. The summed E-state index contributed by atoms with van der Waals surface area (Å²) >= 11 is 0. The topological polar surface area (TPSA) is 81.7 Å². The molecule has 2 amide bonds. The van der Waals surface area contributed by atoms with Gasteiger partial charge in [-0.1, -0.05) is 0 Å². The Hall–Kier alpha value is -3.49. The van der Waals surface area contributed by atoms with E-state index in [0.717, 1.165) is 5.69 Å². The number of carbonyl (C=O) groups is 1. The monoisotopic (exact) mass is 431 g/mol. The van der Waals surface area contributed by atoms with Gasteiger partial charge in [0.15, 0.2) is 11.5 Å². The van der Waals surface area contributed by atoms with Crippen LogP contribution < -0.4 is 33.9 Å². The molecule has 1 N–H and O–H groups in total. The summed E-state index contributed by atoms with van der Waals surface area (Å²) in [6, 6.07) is 8.93. The second kappa shape index (κ2) is 10.0. The Morgan fingerprint density at radius 3 is 1.90 bits per heavy atom. The lowest BCUT2D eigenvalue weighted by molar-refractivity contribution is 0.208. The molecular weight excluding hydrogens is 402 g/mol. The fraction of sp³-hybridized carbons (Fsp3) is 0.409. The Kier molecular flexibility index (Phi) is 7.17. The second-order valence-electron chi connectivity index (χ2n) is 6.85. The largest absolute Gasteiger partial charge is 0.497 e. The van der Waals surface area contributed by atoms with Crippen molar-refractivity contribution in [3.63, 3.8) is 0 Å². The zero-order chi connectivity index (χ0) is 22.4. The molecule has 1 fully saturated rings. The standard InChI is InChI=1S/C22H29N3O6/c1-27-16-6-7-18(28-2)17(14-16)23-22(26)25-10-8-24(9-11-25)15-12-19(29-3)21(31-5)20(13-15)30-4/h6-7,12-14H,8-11H2,1-5H3,(H,23,26). The molecule has 0 bridgehead atoms. The first-order chi connectivity index (χ1) is 15.0. The van der Waals surface area contributed by atoms with Crippen LogP contribution in [0.4, 0.5) is 16.2 Å². The molecule has 0 aliphatic carbocycles. The Labute approximate surface area is 182 Å². The average Bonchev–Trinajstić information content (AvgIpc) is 2.82. The number of urea groups is 1. The van der Waals surface area contributed by atoms with Gasteiger partial charge in [-0.25, -0.2) is 4.79 Å². The van der Waals surface area contributed by atoms with Crippen LogP contribution in [0.2, 0.25) is 0 Å². The number of amides is 2. The minimum atomic E-state index is -0.184. The van der Waals surface area contributed by atoms with Crippen LogP contribution >= 0.6 is 0 Å². The van der Waals surface area contributed by atoms with E-state index in [1.807, 2.05) is 12.1 Å². The molecular formula is C22H29N3O6. The molecule has 9 nitrogen and oxygen atoms in total. The summed E-state index contributed by atoms with van der Waals surface area (Å²) in [5.74, 6) is 2.97. The van der Waals surface area contributed by atoms with Gasteiger partial charge in [-0.05, 0) is 12.1 Å². The summed E-state index contributed by atoms with van der Waals surface area (Å²) < 4.78 is 26.9. The molecule has 168 valence electrons. The van der Waals surface area contributed by atoms with E-state index < -0.39 is 0 Å². The predicted molar refractivity (Wildman–Crippen MR) is 118 cm³/mol. The van der Waals surface area contributed by atoms with E-state index >= 15 is 0 Å². The molecule has 1 aliphatic heterocycles. The van der Waals surface area contributed by atoms with Gasteiger partial charge in [-0.2, -0.15) is 0 Å². The summed E-state index contributed by atoms with van der Waals surface area (Å²) in [7, 11) is 7.91. The second-order valence-corrected chi connectivity index (χ2v) is 6.85. The zero-order valence-electron chi connectivity index (χ0n) is 18.6. The Bertz CT molecular complexity index is 887. The van der Waals surface area contributed by atoms with Crippen LogP contribution in [0.1, 0.15) is 0 Å². The lowest BCUT2D eigenvalue weighted by Crippen LogP contribution is -2.50. The SMILES string of the molecule is COc1ccc(OC)c(NC(=O)N2CCN(c3cc(OC)c(OC)c(OC)c3)CC2)c1. The fourth-order valence-electron chi connectivity index (χ4n) is 3.52. The van der Waals surface area contributed by atoms with Crippen molar-refractivity contribution in [2.75, 3.05) is 71.9 Å². The van der Waals surface area contributed by atoms with Crippen LogP contribution in [0.5, 0.6) is 28.7 Å². The highest BCUT2D eigenvalue weighted by Crippen LogP contribution is 2.41. The highest BCUT2D eigenvalue weighted by Gasteiger charge is 2.24. The van der Waals surface area contributed by atoms with Crippen molar-refractivity contribution in [3.8, 4) is 28.7 Å². The average molecular weight is 431 g/mol. The molecule has 0 aromatic heterocycles. The predicted octanol–water partition coefficient (Wildman–Crippen LogP) is 3.08. The van der Waals surface area contributed by atoms with Crippen LogP contribution in [-0.4, -0.2) is 72.7 Å². The van der Waals surface area contributed by atoms with Crippen molar-refractivity contribution in [1.29, 1.82) is 0 Å². The van der Waals surface area contributed by atoms with E-state index in [0.29, 0.717) is 60.6 Å². The van der Waals surface area contributed by atoms with Gasteiger partial charge in [-0.15, -0.1) is 0 Å². The van der Waals surface area contributed by atoms with E-state index in [9.17, 15) is 4.79 Å². The third-order valence-corrected chi connectivity index (χ3v) is 5.23. The van der Waals surface area contributed by atoms with Gasteiger partial charge >= 0.3 is 6.03 Å². The van der Waals surface area contributed by atoms with Gasteiger partial charge in [0, 0.05) is 50.1 Å². The molecule has 2 aromatic carbocycles. The van der Waals surface area contributed by atoms with Crippen LogP contribution in [-0.2, 0) is 0 Å². The summed E-state index contributed by atoms with van der Waals surface area (Å²) in [5, 5.41) is 2.92. The van der Waals surface area contributed by atoms with Gasteiger partial charge in [-0.3, -0.25) is 0 Å². The van der Waals surface area contributed by atoms with Gasteiger partial charge in [0.2, 0.25) is 5.75 Å². The number of carbonyl (C=O) groups excluding carboxylic acids is 1. The molecule has 2 aromatic rings. The summed E-state index contributed by atoms with van der Waals surface area (Å²) in [6.07, 6.45) is 0. The van der Waals surface area contributed by atoms with Crippen molar-refractivity contribution in [1.82, 2.24) is 4.90 Å². The first kappa shape index (κ1) is 22.2. The van der Waals surface area contributed by atoms with Crippen LogP contribution in [0.3, 0.4) is 0 Å². The third-order valence-electron chi connectivity index (χ3n) is 5.23. The number of anilines is 2. The minimum absolute atomic E-state index is 0.184. The number of ether oxygens (including phenoxy) is 5. The number of hydrogen-bond acceptors (Lipinski definition) is 7. The number of benzene rings is 2.